The molecule has 0 atom stereocenters. The Balaban J connectivity index is 0.00000264. The normalized spacial score (nSPS) is 11.1. The van der Waals surface area contributed by atoms with E-state index in [4.69, 9.17) is 5.73 Å². The van der Waals surface area contributed by atoms with Crippen LogP contribution in [0.5, 0.6) is 0 Å². The van der Waals surface area contributed by atoms with E-state index < -0.39 is 0 Å². The third kappa shape index (κ3) is 6.60. The fraction of sp³-hybridized carbons (Fsp3) is 0.316. The standard InChI is InChI=1S/C19H25N3.HI/c1-2-3-14-21-19(20)22-15-18(16-10-6-4-7-11-16)17-12-8-5-9-13-17;/h4-13,18H,2-3,14-15H2,1H3,(H3,20,21,22);1H. The number of halogens is 1. The van der Waals surface area contributed by atoms with Crippen LogP contribution >= 0.6 is 24.0 Å². The molecule has 0 heterocycles. The molecule has 3 nitrogen and oxygen atoms in total. The average molecular weight is 423 g/mol. The summed E-state index contributed by atoms with van der Waals surface area (Å²) in [6, 6.07) is 20.9. The number of hydrogen-bond donors (Lipinski definition) is 2. The molecule has 2 rings (SSSR count). The van der Waals surface area contributed by atoms with Crippen LogP contribution in [0.1, 0.15) is 36.8 Å². The molecule has 0 spiro atoms. The Morgan fingerprint density at radius 3 is 2.00 bits per heavy atom. The first kappa shape index (κ1) is 19.5. The van der Waals surface area contributed by atoms with Crippen LogP contribution in [0.4, 0.5) is 0 Å². The van der Waals surface area contributed by atoms with Gasteiger partial charge in [-0.25, -0.2) is 0 Å². The number of nitrogens with zero attached hydrogens (tertiary/aromatic N) is 1. The molecule has 2 aromatic carbocycles. The third-order valence-corrected chi connectivity index (χ3v) is 3.68. The van der Waals surface area contributed by atoms with Crippen molar-refractivity contribution in [1.82, 2.24) is 5.32 Å². The van der Waals surface area contributed by atoms with E-state index in [1.807, 2.05) is 12.1 Å². The SMILES string of the molecule is CCCCNC(N)=NCC(c1ccccc1)c1ccccc1.I. The molecule has 0 aliphatic carbocycles. The zero-order valence-electron chi connectivity index (χ0n) is 13.6. The Morgan fingerprint density at radius 2 is 1.52 bits per heavy atom. The second kappa shape index (κ2) is 11.0. The monoisotopic (exact) mass is 423 g/mol. The highest BCUT2D eigenvalue weighted by atomic mass is 127. The lowest BCUT2D eigenvalue weighted by atomic mass is 9.91. The van der Waals surface area contributed by atoms with Gasteiger partial charge in [0.2, 0.25) is 0 Å². The molecule has 0 fully saturated rings. The Labute approximate surface area is 156 Å². The van der Waals surface area contributed by atoms with E-state index in [-0.39, 0.29) is 29.9 Å². The van der Waals surface area contributed by atoms with Gasteiger partial charge in [0.25, 0.3) is 0 Å². The zero-order valence-corrected chi connectivity index (χ0v) is 15.9. The maximum absolute atomic E-state index is 5.96. The van der Waals surface area contributed by atoms with Crippen LogP contribution in [0.2, 0.25) is 0 Å². The van der Waals surface area contributed by atoms with Gasteiger partial charge < -0.3 is 11.1 Å². The summed E-state index contributed by atoms with van der Waals surface area (Å²) in [4.78, 5) is 4.53. The van der Waals surface area contributed by atoms with Crippen molar-refractivity contribution >= 4 is 29.9 Å². The van der Waals surface area contributed by atoms with Crippen molar-refractivity contribution in [1.29, 1.82) is 0 Å². The highest BCUT2D eigenvalue weighted by Gasteiger charge is 2.13. The molecule has 3 N–H and O–H groups in total. The van der Waals surface area contributed by atoms with Crippen molar-refractivity contribution in [2.24, 2.45) is 10.7 Å². The second-order valence-corrected chi connectivity index (χ2v) is 5.38. The molecule has 0 amide bonds. The number of guanidine groups is 1. The number of nitrogens with one attached hydrogen (secondary N) is 1. The fourth-order valence-corrected chi connectivity index (χ4v) is 2.41. The van der Waals surface area contributed by atoms with Gasteiger partial charge in [-0.3, -0.25) is 4.99 Å². The van der Waals surface area contributed by atoms with Crippen LogP contribution in [-0.4, -0.2) is 19.0 Å². The average Bonchev–Trinajstić information content (AvgIpc) is 2.57. The molecule has 0 aromatic heterocycles. The minimum atomic E-state index is 0. The van der Waals surface area contributed by atoms with Crippen molar-refractivity contribution in [3.05, 3.63) is 71.8 Å². The van der Waals surface area contributed by atoms with Crippen LogP contribution in [-0.2, 0) is 0 Å². The summed E-state index contributed by atoms with van der Waals surface area (Å²) in [6.07, 6.45) is 2.26. The summed E-state index contributed by atoms with van der Waals surface area (Å²) in [5.41, 5.74) is 8.48. The lowest BCUT2D eigenvalue weighted by molar-refractivity contribution is 0.742. The van der Waals surface area contributed by atoms with E-state index in [1.165, 1.54) is 11.1 Å². The summed E-state index contributed by atoms with van der Waals surface area (Å²) < 4.78 is 0. The first-order chi connectivity index (χ1) is 10.8. The Morgan fingerprint density at radius 1 is 1.00 bits per heavy atom. The van der Waals surface area contributed by atoms with Gasteiger partial charge >= 0.3 is 0 Å². The quantitative estimate of drug-likeness (QED) is 0.304. The van der Waals surface area contributed by atoms with Crippen molar-refractivity contribution in [2.75, 3.05) is 13.1 Å². The van der Waals surface area contributed by atoms with E-state index >= 15 is 0 Å². The number of benzene rings is 2. The van der Waals surface area contributed by atoms with E-state index in [1.54, 1.807) is 0 Å². The number of hydrogen-bond acceptors (Lipinski definition) is 1. The fourth-order valence-electron chi connectivity index (χ4n) is 2.41. The van der Waals surface area contributed by atoms with Gasteiger partial charge in [-0.05, 0) is 17.5 Å². The summed E-state index contributed by atoms with van der Waals surface area (Å²) >= 11 is 0. The minimum Gasteiger partial charge on any atom is -0.370 e. The van der Waals surface area contributed by atoms with Crippen LogP contribution in [0.15, 0.2) is 65.7 Å². The Bertz CT molecular complexity index is 530. The van der Waals surface area contributed by atoms with Gasteiger partial charge in [-0.15, -0.1) is 24.0 Å². The predicted molar refractivity (Wildman–Crippen MR) is 110 cm³/mol. The maximum Gasteiger partial charge on any atom is 0.188 e. The van der Waals surface area contributed by atoms with E-state index in [9.17, 15) is 0 Å². The molecule has 2 aromatic rings. The zero-order chi connectivity index (χ0) is 15.6. The van der Waals surface area contributed by atoms with Crippen LogP contribution in [0.3, 0.4) is 0 Å². The van der Waals surface area contributed by atoms with Gasteiger partial charge in [0.05, 0.1) is 6.54 Å². The van der Waals surface area contributed by atoms with E-state index in [0.717, 1.165) is 19.4 Å². The largest absolute Gasteiger partial charge is 0.370 e. The molecular weight excluding hydrogens is 397 g/mol. The molecule has 0 bridgehead atoms. The number of nitrogens with two attached hydrogens (primary N) is 1. The highest BCUT2D eigenvalue weighted by molar-refractivity contribution is 14.0. The Hall–Kier alpha value is -1.56. The van der Waals surface area contributed by atoms with Gasteiger partial charge in [0, 0.05) is 12.5 Å². The highest BCUT2D eigenvalue weighted by Crippen LogP contribution is 2.24. The molecule has 0 radical (unpaired) electrons. The van der Waals surface area contributed by atoms with E-state index in [2.05, 4.69) is 65.8 Å². The molecule has 0 saturated carbocycles. The number of aliphatic imine (C=N–C) groups is 1. The van der Waals surface area contributed by atoms with E-state index in [0.29, 0.717) is 12.5 Å². The van der Waals surface area contributed by atoms with Crippen LogP contribution in [0, 0.1) is 0 Å². The van der Waals surface area contributed by atoms with Gasteiger partial charge in [0.15, 0.2) is 5.96 Å². The van der Waals surface area contributed by atoms with Gasteiger partial charge in [-0.1, -0.05) is 74.0 Å². The van der Waals surface area contributed by atoms with Gasteiger partial charge in [-0.2, -0.15) is 0 Å². The summed E-state index contributed by atoms with van der Waals surface area (Å²) in [5.74, 6) is 0.763. The smallest absolute Gasteiger partial charge is 0.188 e. The summed E-state index contributed by atoms with van der Waals surface area (Å²) in [6.45, 7) is 3.70. The van der Waals surface area contributed by atoms with Crippen LogP contribution in [0.25, 0.3) is 0 Å². The topological polar surface area (TPSA) is 50.4 Å². The molecule has 0 aliphatic rings. The lowest BCUT2D eigenvalue weighted by Crippen LogP contribution is -2.32. The lowest BCUT2D eigenvalue weighted by Gasteiger charge is -2.16. The molecule has 0 aliphatic heterocycles. The molecular formula is C19H26IN3. The molecule has 0 unspecified atom stereocenters. The minimum absolute atomic E-state index is 0. The first-order valence-corrected chi connectivity index (χ1v) is 7.95. The maximum atomic E-state index is 5.96. The van der Waals surface area contributed by atoms with Gasteiger partial charge in [0.1, 0.15) is 0 Å². The van der Waals surface area contributed by atoms with Crippen molar-refractivity contribution in [2.45, 2.75) is 25.7 Å². The van der Waals surface area contributed by atoms with Crippen molar-refractivity contribution < 1.29 is 0 Å². The molecule has 124 valence electrons. The second-order valence-electron chi connectivity index (χ2n) is 5.38. The van der Waals surface area contributed by atoms with Crippen molar-refractivity contribution in [3.63, 3.8) is 0 Å². The summed E-state index contributed by atoms with van der Waals surface area (Å²) in [5, 5.41) is 3.17. The predicted octanol–water partition coefficient (Wildman–Crippen LogP) is 4.14. The number of unbranched alkanes of at least 4 members (excludes halogenated alkanes) is 1. The third-order valence-electron chi connectivity index (χ3n) is 3.68. The van der Waals surface area contributed by atoms with Crippen molar-refractivity contribution in [3.8, 4) is 0 Å². The Kier molecular flexibility index (Phi) is 9.36. The summed E-state index contributed by atoms with van der Waals surface area (Å²) in [7, 11) is 0. The molecule has 0 saturated heterocycles. The van der Waals surface area contributed by atoms with Crippen LogP contribution < -0.4 is 11.1 Å². The number of rotatable bonds is 7. The molecule has 4 heteroatoms. The molecule has 23 heavy (non-hydrogen) atoms. The first-order valence-electron chi connectivity index (χ1n) is 7.95.